The first-order chi connectivity index (χ1) is 8.87. The fraction of sp³-hybridized carbons (Fsp3) is 0.417. The summed E-state index contributed by atoms with van der Waals surface area (Å²) in [4.78, 5) is 10.8. The van der Waals surface area contributed by atoms with Crippen molar-refractivity contribution in [2.45, 2.75) is 26.7 Å². The Kier molecular flexibility index (Phi) is 3.75. The molecule has 0 aliphatic rings. The van der Waals surface area contributed by atoms with Crippen LogP contribution in [-0.4, -0.2) is 21.3 Å². The van der Waals surface area contributed by atoms with Gasteiger partial charge in [-0.3, -0.25) is 4.79 Å². The van der Waals surface area contributed by atoms with E-state index in [1.165, 1.54) is 6.26 Å². The van der Waals surface area contributed by atoms with Gasteiger partial charge in [-0.2, -0.15) is 0 Å². The minimum absolute atomic E-state index is 0.0418. The van der Waals surface area contributed by atoms with Crippen LogP contribution in [0.1, 0.15) is 26.2 Å². The molecule has 2 heterocycles. The highest BCUT2D eigenvalue weighted by Gasteiger charge is 2.25. The number of halogens is 1. The van der Waals surface area contributed by atoms with Crippen molar-refractivity contribution >= 4 is 21.9 Å². The van der Waals surface area contributed by atoms with Crippen molar-refractivity contribution in [2.75, 3.05) is 0 Å². The first kappa shape index (κ1) is 13.8. The van der Waals surface area contributed by atoms with Crippen molar-refractivity contribution in [3.63, 3.8) is 0 Å². The van der Waals surface area contributed by atoms with E-state index in [1.54, 1.807) is 6.07 Å². The van der Waals surface area contributed by atoms with Crippen molar-refractivity contribution in [3.8, 4) is 11.5 Å². The Hall–Kier alpha value is -1.63. The maximum atomic E-state index is 10.8. The van der Waals surface area contributed by atoms with E-state index in [2.05, 4.69) is 26.1 Å². The average Bonchev–Trinajstić information content (AvgIpc) is 2.84. The Bertz CT molecular complexity index is 588. The second-order valence-electron chi connectivity index (χ2n) is 5.02. The molecule has 0 unspecified atom stereocenters. The Morgan fingerprint density at radius 1 is 1.47 bits per heavy atom. The zero-order valence-corrected chi connectivity index (χ0v) is 12.1. The Morgan fingerprint density at radius 3 is 2.79 bits per heavy atom. The van der Waals surface area contributed by atoms with Crippen LogP contribution in [0.2, 0.25) is 0 Å². The third kappa shape index (κ3) is 3.44. The summed E-state index contributed by atoms with van der Waals surface area (Å²) in [5, 5.41) is 16.7. The van der Waals surface area contributed by atoms with Crippen LogP contribution in [0.25, 0.3) is 11.5 Å². The lowest BCUT2D eigenvalue weighted by Gasteiger charge is -2.19. The summed E-state index contributed by atoms with van der Waals surface area (Å²) >= 11 is 3.23. The highest BCUT2D eigenvalue weighted by molar-refractivity contribution is 9.10. The van der Waals surface area contributed by atoms with Crippen LogP contribution in [0.4, 0.5) is 0 Å². The summed E-state index contributed by atoms with van der Waals surface area (Å²) < 4.78 is 11.1. The van der Waals surface area contributed by atoms with Crippen LogP contribution in [0, 0.1) is 5.41 Å². The van der Waals surface area contributed by atoms with Crippen molar-refractivity contribution in [3.05, 3.63) is 22.9 Å². The molecule has 102 valence electrons. The molecule has 0 radical (unpaired) electrons. The van der Waals surface area contributed by atoms with Crippen LogP contribution >= 0.6 is 15.9 Å². The van der Waals surface area contributed by atoms with E-state index in [0.29, 0.717) is 28.4 Å². The largest absolute Gasteiger partial charge is 0.481 e. The summed E-state index contributed by atoms with van der Waals surface area (Å²) in [7, 11) is 0. The minimum Gasteiger partial charge on any atom is -0.481 e. The number of aromatic nitrogens is 2. The van der Waals surface area contributed by atoms with Gasteiger partial charge in [-0.15, -0.1) is 10.2 Å². The van der Waals surface area contributed by atoms with E-state index in [4.69, 9.17) is 13.9 Å². The molecule has 7 heteroatoms. The van der Waals surface area contributed by atoms with E-state index in [1.807, 2.05) is 13.8 Å². The van der Waals surface area contributed by atoms with Crippen molar-refractivity contribution < 1.29 is 18.7 Å². The Balaban J connectivity index is 2.14. The number of carbonyl (C=O) groups is 1. The number of hydrogen-bond acceptors (Lipinski definition) is 5. The second kappa shape index (κ2) is 5.16. The summed E-state index contributed by atoms with van der Waals surface area (Å²) in [6, 6.07) is 1.71. The topological polar surface area (TPSA) is 89.4 Å². The van der Waals surface area contributed by atoms with Crippen molar-refractivity contribution in [1.29, 1.82) is 0 Å². The SMILES string of the molecule is CC(C)(CC(=O)O)Cc1nnc(-c2ccoc2Br)o1. The molecular weight excluding hydrogens is 316 g/mol. The lowest BCUT2D eigenvalue weighted by molar-refractivity contribution is -0.139. The van der Waals surface area contributed by atoms with Gasteiger partial charge in [0.2, 0.25) is 5.89 Å². The lowest BCUT2D eigenvalue weighted by atomic mass is 9.86. The quantitative estimate of drug-likeness (QED) is 0.906. The second-order valence-corrected chi connectivity index (χ2v) is 5.74. The van der Waals surface area contributed by atoms with E-state index in [0.717, 1.165) is 0 Å². The zero-order valence-electron chi connectivity index (χ0n) is 10.5. The van der Waals surface area contributed by atoms with Gasteiger partial charge in [0.25, 0.3) is 5.89 Å². The van der Waals surface area contributed by atoms with Crippen LogP contribution in [0.3, 0.4) is 0 Å². The Labute approximate surface area is 117 Å². The third-order valence-electron chi connectivity index (χ3n) is 2.57. The first-order valence-electron chi connectivity index (χ1n) is 5.65. The predicted molar refractivity (Wildman–Crippen MR) is 69.4 cm³/mol. The number of furan rings is 1. The predicted octanol–water partition coefficient (Wildman–Crippen LogP) is 3.14. The monoisotopic (exact) mass is 328 g/mol. The molecule has 0 fully saturated rings. The summed E-state index contributed by atoms with van der Waals surface area (Å²) in [5.41, 5.74) is 0.235. The van der Waals surface area contributed by atoms with Gasteiger partial charge in [0.1, 0.15) is 0 Å². The van der Waals surface area contributed by atoms with Crippen LogP contribution in [-0.2, 0) is 11.2 Å². The molecule has 0 atom stereocenters. The van der Waals surface area contributed by atoms with E-state index in [-0.39, 0.29) is 6.42 Å². The van der Waals surface area contributed by atoms with E-state index >= 15 is 0 Å². The van der Waals surface area contributed by atoms with Gasteiger partial charge in [0.15, 0.2) is 4.67 Å². The highest BCUT2D eigenvalue weighted by Crippen LogP contribution is 2.30. The molecule has 0 aliphatic carbocycles. The fourth-order valence-corrected chi connectivity index (χ4v) is 2.17. The molecule has 6 nitrogen and oxygen atoms in total. The van der Waals surface area contributed by atoms with Gasteiger partial charge in [-0.05, 0) is 27.4 Å². The van der Waals surface area contributed by atoms with Gasteiger partial charge in [-0.1, -0.05) is 13.8 Å². The molecule has 1 N–H and O–H groups in total. The molecule has 19 heavy (non-hydrogen) atoms. The molecule has 0 saturated carbocycles. The normalized spacial score (nSPS) is 11.7. The number of carboxylic acid groups (broad SMARTS) is 1. The molecule has 0 amide bonds. The number of aliphatic carboxylic acids is 1. The van der Waals surface area contributed by atoms with E-state index < -0.39 is 11.4 Å². The minimum atomic E-state index is -0.845. The molecule has 2 aromatic heterocycles. The van der Waals surface area contributed by atoms with Gasteiger partial charge in [0.05, 0.1) is 18.2 Å². The maximum absolute atomic E-state index is 10.8. The van der Waals surface area contributed by atoms with E-state index in [9.17, 15) is 4.79 Å². The van der Waals surface area contributed by atoms with Crippen molar-refractivity contribution in [1.82, 2.24) is 10.2 Å². The first-order valence-corrected chi connectivity index (χ1v) is 6.44. The third-order valence-corrected chi connectivity index (χ3v) is 3.19. The molecule has 0 bridgehead atoms. The van der Waals surface area contributed by atoms with Gasteiger partial charge in [-0.25, -0.2) is 0 Å². The summed E-state index contributed by atoms with van der Waals surface area (Å²) in [6.45, 7) is 3.69. The lowest BCUT2D eigenvalue weighted by Crippen LogP contribution is -2.19. The summed E-state index contributed by atoms with van der Waals surface area (Å²) in [5.74, 6) is -0.0848. The zero-order chi connectivity index (χ0) is 14.0. The molecular formula is C12H13BrN2O4. The molecule has 2 aromatic rings. The fourth-order valence-electron chi connectivity index (χ4n) is 1.76. The smallest absolute Gasteiger partial charge is 0.303 e. The van der Waals surface area contributed by atoms with Crippen LogP contribution in [0.15, 0.2) is 25.8 Å². The average molecular weight is 329 g/mol. The summed E-state index contributed by atoms with van der Waals surface area (Å²) in [6.07, 6.45) is 1.96. The van der Waals surface area contributed by atoms with Gasteiger partial charge in [0, 0.05) is 6.42 Å². The molecule has 0 aromatic carbocycles. The number of hydrogen-bond donors (Lipinski definition) is 1. The maximum Gasteiger partial charge on any atom is 0.303 e. The number of nitrogens with zero attached hydrogens (tertiary/aromatic N) is 2. The van der Waals surface area contributed by atoms with Gasteiger partial charge >= 0.3 is 5.97 Å². The molecule has 2 rings (SSSR count). The van der Waals surface area contributed by atoms with Crippen LogP contribution in [0.5, 0.6) is 0 Å². The number of carboxylic acids is 1. The molecule has 0 spiro atoms. The van der Waals surface area contributed by atoms with Gasteiger partial charge < -0.3 is 13.9 Å². The highest BCUT2D eigenvalue weighted by atomic mass is 79.9. The molecule has 0 saturated heterocycles. The Morgan fingerprint density at radius 2 is 2.21 bits per heavy atom. The number of rotatable bonds is 5. The standard InChI is InChI=1S/C12H13BrN2O4/c1-12(2,6-9(16)17)5-8-14-15-11(19-8)7-3-4-18-10(7)13/h3-4H,5-6H2,1-2H3,(H,16,17). The van der Waals surface area contributed by atoms with Crippen molar-refractivity contribution in [2.24, 2.45) is 5.41 Å². The van der Waals surface area contributed by atoms with Crippen LogP contribution < -0.4 is 0 Å². The molecule has 0 aliphatic heterocycles.